The number of aliphatic hydroxyl groups excluding tert-OH is 1. The summed E-state index contributed by atoms with van der Waals surface area (Å²) >= 11 is 5.89. The van der Waals surface area contributed by atoms with Crippen molar-refractivity contribution in [2.24, 2.45) is 0 Å². The van der Waals surface area contributed by atoms with Gasteiger partial charge in [0.25, 0.3) is 0 Å². The summed E-state index contributed by atoms with van der Waals surface area (Å²) in [5, 5.41) is 11.2. The van der Waals surface area contributed by atoms with Gasteiger partial charge in [-0.1, -0.05) is 31.2 Å². The predicted molar refractivity (Wildman–Crippen MR) is 114 cm³/mol. The van der Waals surface area contributed by atoms with E-state index in [9.17, 15) is 13.5 Å². The highest BCUT2D eigenvalue weighted by Gasteiger charge is 2.34. The fourth-order valence-corrected chi connectivity index (χ4v) is 8.08. The van der Waals surface area contributed by atoms with Crippen LogP contribution in [0.3, 0.4) is 0 Å². The Morgan fingerprint density at radius 3 is 2.41 bits per heavy atom. The van der Waals surface area contributed by atoms with Crippen molar-refractivity contribution in [3.05, 3.63) is 52.0 Å². The SMILES string of the molecule is C[Si](C)(C)c1c(N)cc2c(c1CO)CCC(S(=O)(=O)c1ccc(Cl)cc1)C2. The highest BCUT2D eigenvalue weighted by Crippen LogP contribution is 2.33. The fourth-order valence-electron chi connectivity index (χ4n) is 4.15. The maximum Gasteiger partial charge on any atom is 0.181 e. The third-order valence-corrected chi connectivity index (χ3v) is 9.88. The van der Waals surface area contributed by atoms with Crippen LogP contribution >= 0.6 is 11.6 Å². The van der Waals surface area contributed by atoms with Crippen molar-refractivity contribution in [1.29, 1.82) is 0 Å². The molecule has 0 radical (unpaired) electrons. The van der Waals surface area contributed by atoms with Crippen molar-refractivity contribution >= 4 is 40.4 Å². The Morgan fingerprint density at radius 1 is 1.22 bits per heavy atom. The van der Waals surface area contributed by atoms with Crippen LogP contribution in [0.4, 0.5) is 5.69 Å². The van der Waals surface area contributed by atoms with Gasteiger partial charge in [-0.2, -0.15) is 0 Å². The first-order chi connectivity index (χ1) is 12.6. The highest BCUT2D eigenvalue weighted by atomic mass is 35.5. The molecular formula is C20H26ClNO3SSi. The molecule has 3 N–H and O–H groups in total. The van der Waals surface area contributed by atoms with Gasteiger partial charge in [0.1, 0.15) is 0 Å². The van der Waals surface area contributed by atoms with Crippen molar-refractivity contribution in [2.45, 2.75) is 55.7 Å². The molecule has 1 aliphatic carbocycles. The lowest BCUT2D eigenvalue weighted by molar-refractivity contribution is 0.281. The first-order valence-electron chi connectivity index (χ1n) is 9.09. The van der Waals surface area contributed by atoms with Crippen LogP contribution in [0.5, 0.6) is 0 Å². The Hall–Kier alpha value is -1.34. The second-order valence-corrected chi connectivity index (χ2v) is 15.9. The molecule has 0 saturated heterocycles. The van der Waals surface area contributed by atoms with Crippen molar-refractivity contribution in [3.63, 3.8) is 0 Å². The minimum atomic E-state index is -3.45. The van der Waals surface area contributed by atoms with Crippen molar-refractivity contribution in [3.8, 4) is 0 Å². The zero-order chi connectivity index (χ0) is 20.0. The van der Waals surface area contributed by atoms with Gasteiger partial charge in [0.05, 0.1) is 24.8 Å². The minimum Gasteiger partial charge on any atom is -0.399 e. The zero-order valence-corrected chi connectivity index (χ0v) is 18.5. The smallest absolute Gasteiger partial charge is 0.181 e. The molecule has 2 aromatic carbocycles. The standard InChI is InChI=1S/C20H26ClNO3SSi/c1-27(2,3)20-18(12-23)17-9-8-16(10-13(17)11-19(20)22)26(24,25)15-6-4-14(21)5-7-15/h4-7,11,16,23H,8-10,12,22H2,1-3H3. The van der Waals surface area contributed by atoms with Crippen molar-refractivity contribution in [2.75, 3.05) is 5.73 Å². The number of fused-ring (bicyclic) bond motifs is 1. The lowest BCUT2D eigenvalue weighted by atomic mass is 9.87. The number of nitrogens with two attached hydrogens (primary N) is 1. The molecule has 2 aromatic rings. The predicted octanol–water partition coefficient (Wildman–Crippen LogP) is 3.29. The molecule has 146 valence electrons. The summed E-state index contributed by atoms with van der Waals surface area (Å²) in [6.07, 6.45) is 1.60. The van der Waals surface area contributed by atoms with Gasteiger partial charge in [-0.15, -0.1) is 0 Å². The molecule has 1 aliphatic rings. The Morgan fingerprint density at radius 2 is 1.85 bits per heavy atom. The van der Waals surface area contributed by atoms with Crippen LogP contribution in [0.25, 0.3) is 0 Å². The summed E-state index contributed by atoms with van der Waals surface area (Å²) < 4.78 is 26.1. The van der Waals surface area contributed by atoms with Gasteiger partial charge in [-0.25, -0.2) is 8.42 Å². The molecule has 0 bridgehead atoms. The van der Waals surface area contributed by atoms with Gasteiger partial charge >= 0.3 is 0 Å². The molecule has 0 spiro atoms. The van der Waals surface area contributed by atoms with Crippen LogP contribution in [0.1, 0.15) is 23.1 Å². The molecule has 0 saturated carbocycles. The highest BCUT2D eigenvalue weighted by molar-refractivity contribution is 7.92. The number of aliphatic hydroxyl groups is 1. The number of hydrogen-bond donors (Lipinski definition) is 2. The molecule has 0 fully saturated rings. The second-order valence-electron chi connectivity index (χ2n) is 8.23. The van der Waals surface area contributed by atoms with E-state index in [1.54, 1.807) is 24.3 Å². The average Bonchev–Trinajstić information content (AvgIpc) is 2.59. The number of halogens is 1. The van der Waals surface area contributed by atoms with E-state index in [0.717, 1.165) is 21.9 Å². The Bertz CT molecular complexity index is 966. The summed E-state index contributed by atoms with van der Waals surface area (Å²) in [5.74, 6) is 0. The molecule has 4 nitrogen and oxygen atoms in total. The minimum absolute atomic E-state index is 0.0540. The molecule has 7 heteroatoms. The zero-order valence-electron chi connectivity index (χ0n) is 15.9. The van der Waals surface area contributed by atoms with Gasteiger partial charge in [-0.3, -0.25) is 0 Å². The number of hydrogen-bond acceptors (Lipinski definition) is 4. The van der Waals surface area contributed by atoms with Crippen LogP contribution in [-0.4, -0.2) is 26.8 Å². The van der Waals surface area contributed by atoms with Gasteiger partial charge < -0.3 is 10.8 Å². The van der Waals surface area contributed by atoms with Crippen molar-refractivity contribution in [1.82, 2.24) is 0 Å². The van der Waals surface area contributed by atoms with Crippen LogP contribution in [0, 0.1) is 0 Å². The van der Waals surface area contributed by atoms with E-state index in [1.807, 2.05) is 6.07 Å². The summed E-state index contributed by atoms with van der Waals surface area (Å²) in [7, 11) is -5.18. The maximum atomic E-state index is 13.1. The molecule has 0 heterocycles. The lowest BCUT2D eigenvalue weighted by Crippen LogP contribution is -2.43. The maximum absolute atomic E-state index is 13.1. The lowest BCUT2D eigenvalue weighted by Gasteiger charge is -2.31. The summed E-state index contributed by atoms with van der Waals surface area (Å²) in [6, 6.07) is 8.27. The van der Waals surface area contributed by atoms with Crippen molar-refractivity contribution < 1.29 is 13.5 Å². The fraction of sp³-hybridized carbons (Fsp3) is 0.400. The summed E-state index contributed by atoms with van der Waals surface area (Å²) in [6.45, 7) is 6.57. The number of nitrogen functional groups attached to an aromatic ring is 1. The monoisotopic (exact) mass is 423 g/mol. The van der Waals surface area contributed by atoms with Crippen LogP contribution in [-0.2, 0) is 29.3 Å². The summed E-state index contributed by atoms with van der Waals surface area (Å²) in [5.41, 5.74) is 9.99. The molecule has 0 aliphatic heterocycles. The third-order valence-electron chi connectivity index (χ3n) is 5.33. The van der Waals surface area contributed by atoms with E-state index in [-0.39, 0.29) is 6.61 Å². The topological polar surface area (TPSA) is 80.4 Å². The van der Waals surface area contributed by atoms with Gasteiger partial charge in [0.15, 0.2) is 9.84 Å². The van der Waals surface area contributed by atoms with Gasteiger partial charge in [0.2, 0.25) is 0 Å². The van der Waals surface area contributed by atoms with Crippen LogP contribution in [0.15, 0.2) is 35.2 Å². The van der Waals surface area contributed by atoms with E-state index < -0.39 is 23.2 Å². The number of anilines is 1. The molecule has 1 atom stereocenters. The molecule has 27 heavy (non-hydrogen) atoms. The Balaban J connectivity index is 2.02. The van der Waals surface area contributed by atoms with E-state index in [1.165, 1.54) is 0 Å². The first-order valence-corrected chi connectivity index (χ1v) is 14.5. The first kappa shape index (κ1) is 20.4. The Labute approximate surface area is 167 Å². The molecule has 1 unspecified atom stereocenters. The van der Waals surface area contributed by atoms with E-state index in [2.05, 4.69) is 19.6 Å². The van der Waals surface area contributed by atoms with E-state index in [4.69, 9.17) is 17.3 Å². The largest absolute Gasteiger partial charge is 0.399 e. The molecule has 3 rings (SSSR count). The quantitative estimate of drug-likeness (QED) is 0.584. The molecular weight excluding hydrogens is 398 g/mol. The normalized spacial score (nSPS) is 17.6. The summed E-state index contributed by atoms with van der Waals surface area (Å²) in [4.78, 5) is 0.300. The third kappa shape index (κ3) is 3.81. The van der Waals surface area contributed by atoms with Gasteiger partial charge in [0, 0.05) is 10.7 Å². The van der Waals surface area contributed by atoms with E-state index in [0.29, 0.717) is 34.9 Å². The Kier molecular flexibility index (Phi) is 5.47. The number of sulfone groups is 1. The second kappa shape index (κ2) is 7.24. The average molecular weight is 424 g/mol. The number of benzene rings is 2. The number of rotatable bonds is 4. The van der Waals surface area contributed by atoms with Crippen LogP contribution < -0.4 is 10.9 Å². The van der Waals surface area contributed by atoms with E-state index >= 15 is 0 Å². The van der Waals surface area contributed by atoms with Crippen LogP contribution in [0.2, 0.25) is 24.7 Å². The van der Waals surface area contributed by atoms with Gasteiger partial charge in [-0.05, 0) is 71.5 Å². The molecule has 0 amide bonds. The molecule has 0 aromatic heterocycles.